The van der Waals surface area contributed by atoms with E-state index in [-0.39, 0.29) is 5.41 Å². The highest BCUT2D eigenvalue weighted by molar-refractivity contribution is 5.31. The number of likely N-dealkylation sites (N-methyl/N-ethyl adjacent to an activating group) is 1. The first-order valence-electron chi connectivity index (χ1n) is 7.55. The molecule has 114 valence electrons. The third kappa shape index (κ3) is 5.54. The van der Waals surface area contributed by atoms with E-state index >= 15 is 0 Å². The smallest absolute Gasteiger partial charge is 0.119 e. The lowest BCUT2D eigenvalue weighted by molar-refractivity contribution is 0.277. The molecule has 0 aliphatic rings. The third-order valence-corrected chi connectivity index (χ3v) is 3.60. The number of rotatable bonds is 6. The summed E-state index contributed by atoms with van der Waals surface area (Å²) < 4.78 is 5.76. The van der Waals surface area contributed by atoms with Gasteiger partial charge in [-0.2, -0.15) is 0 Å². The fourth-order valence-corrected chi connectivity index (χ4v) is 2.73. The van der Waals surface area contributed by atoms with Gasteiger partial charge in [0.15, 0.2) is 0 Å². The van der Waals surface area contributed by atoms with Gasteiger partial charge < -0.3 is 10.1 Å². The molecule has 0 spiro atoms. The third-order valence-electron chi connectivity index (χ3n) is 3.60. The zero-order valence-electron chi connectivity index (χ0n) is 14.2. The Morgan fingerprint density at radius 3 is 2.05 bits per heavy atom. The van der Waals surface area contributed by atoms with Crippen molar-refractivity contribution in [1.29, 1.82) is 0 Å². The maximum Gasteiger partial charge on any atom is 0.119 e. The second-order valence-electron chi connectivity index (χ2n) is 7.65. The summed E-state index contributed by atoms with van der Waals surface area (Å²) in [5.74, 6) is 0.947. The molecule has 1 unspecified atom stereocenters. The molecule has 0 saturated carbocycles. The molecule has 2 nitrogen and oxygen atoms in total. The Morgan fingerprint density at radius 1 is 1.05 bits per heavy atom. The minimum atomic E-state index is 0.190. The lowest BCUT2D eigenvalue weighted by Gasteiger charge is -2.33. The van der Waals surface area contributed by atoms with Crippen molar-refractivity contribution in [2.75, 3.05) is 13.7 Å². The van der Waals surface area contributed by atoms with Crippen LogP contribution in [0.25, 0.3) is 0 Å². The first kappa shape index (κ1) is 17.0. The summed E-state index contributed by atoms with van der Waals surface area (Å²) in [5, 5.41) is 3.17. The largest absolute Gasteiger partial charge is 0.492 e. The molecule has 0 saturated heterocycles. The molecular formula is C18H31NO. The molecule has 1 rings (SSSR count). The molecule has 0 radical (unpaired) electrons. The summed E-state index contributed by atoms with van der Waals surface area (Å²) in [6.45, 7) is 14.3. The van der Waals surface area contributed by atoms with Crippen LogP contribution >= 0.6 is 0 Å². The second-order valence-corrected chi connectivity index (χ2v) is 7.65. The molecule has 0 bridgehead atoms. The molecule has 2 heteroatoms. The van der Waals surface area contributed by atoms with E-state index in [9.17, 15) is 0 Å². The van der Waals surface area contributed by atoms with Crippen LogP contribution in [-0.4, -0.2) is 19.7 Å². The zero-order valence-corrected chi connectivity index (χ0v) is 14.2. The number of hydrogen-bond donors (Lipinski definition) is 1. The topological polar surface area (TPSA) is 21.3 Å². The number of ether oxygens (including phenoxy) is 1. The Balaban J connectivity index is 2.70. The van der Waals surface area contributed by atoms with Crippen molar-refractivity contribution in [2.45, 2.75) is 59.4 Å². The Morgan fingerprint density at radius 2 is 1.60 bits per heavy atom. The van der Waals surface area contributed by atoms with Crippen LogP contribution in [0, 0.1) is 5.41 Å². The molecule has 0 fully saturated rings. The van der Waals surface area contributed by atoms with Gasteiger partial charge in [0.2, 0.25) is 0 Å². The maximum atomic E-state index is 5.76. The van der Waals surface area contributed by atoms with Crippen molar-refractivity contribution >= 4 is 0 Å². The van der Waals surface area contributed by atoms with E-state index in [1.54, 1.807) is 0 Å². The van der Waals surface area contributed by atoms with Gasteiger partial charge in [-0.05, 0) is 48.9 Å². The number of hydrogen-bond acceptors (Lipinski definition) is 2. The average Bonchev–Trinajstić information content (AvgIpc) is 2.33. The van der Waals surface area contributed by atoms with Crippen LogP contribution in [0.5, 0.6) is 5.75 Å². The fraction of sp³-hybridized carbons (Fsp3) is 0.667. The van der Waals surface area contributed by atoms with Crippen LogP contribution in [0.3, 0.4) is 0 Å². The van der Waals surface area contributed by atoms with Crippen LogP contribution in [0.2, 0.25) is 0 Å². The van der Waals surface area contributed by atoms with E-state index in [0.717, 1.165) is 12.2 Å². The average molecular weight is 277 g/mol. The van der Waals surface area contributed by atoms with Crippen molar-refractivity contribution in [3.8, 4) is 5.75 Å². The summed E-state index contributed by atoms with van der Waals surface area (Å²) in [6, 6.07) is 8.94. The van der Waals surface area contributed by atoms with Crippen LogP contribution in [0.1, 0.15) is 53.5 Å². The molecule has 1 aromatic rings. The molecule has 1 atom stereocenters. The predicted octanol–water partition coefficient (Wildman–Crippen LogP) is 4.39. The first-order chi connectivity index (χ1) is 9.14. The minimum absolute atomic E-state index is 0.190. The summed E-state index contributed by atoms with van der Waals surface area (Å²) in [5.41, 5.74) is 1.90. The Kier molecular flexibility index (Phi) is 5.64. The standard InChI is InChI=1S/C18H31NO/c1-14(19-7)12-20-16-10-8-15(9-11-16)18(5,6)13-17(2,3)4/h8-11,14,19H,12-13H2,1-7H3. The molecule has 0 aliphatic heterocycles. The van der Waals surface area contributed by atoms with Gasteiger partial charge in [0.05, 0.1) is 0 Å². The fourth-order valence-electron chi connectivity index (χ4n) is 2.73. The lowest BCUT2D eigenvalue weighted by atomic mass is 9.72. The highest BCUT2D eigenvalue weighted by Gasteiger charge is 2.27. The van der Waals surface area contributed by atoms with Gasteiger partial charge >= 0.3 is 0 Å². The molecule has 0 aromatic heterocycles. The summed E-state index contributed by atoms with van der Waals surface area (Å²) in [6.07, 6.45) is 1.16. The Bertz CT molecular complexity index is 400. The Labute approximate surface area is 124 Å². The highest BCUT2D eigenvalue weighted by Crippen LogP contribution is 2.36. The van der Waals surface area contributed by atoms with E-state index in [1.165, 1.54) is 5.56 Å². The van der Waals surface area contributed by atoms with E-state index in [1.807, 2.05) is 7.05 Å². The molecule has 1 aromatic carbocycles. The summed E-state index contributed by atoms with van der Waals surface area (Å²) >= 11 is 0. The first-order valence-corrected chi connectivity index (χ1v) is 7.55. The summed E-state index contributed by atoms with van der Waals surface area (Å²) in [4.78, 5) is 0. The van der Waals surface area contributed by atoms with Crippen LogP contribution in [-0.2, 0) is 5.41 Å². The predicted molar refractivity (Wildman–Crippen MR) is 87.6 cm³/mol. The van der Waals surface area contributed by atoms with E-state index < -0.39 is 0 Å². The monoisotopic (exact) mass is 277 g/mol. The van der Waals surface area contributed by atoms with Gasteiger partial charge in [-0.15, -0.1) is 0 Å². The second kappa shape index (κ2) is 6.62. The normalized spacial score (nSPS) is 14.2. The number of nitrogens with one attached hydrogen (secondary N) is 1. The minimum Gasteiger partial charge on any atom is -0.492 e. The van der Waals surface area contributed by atoms with Gasteiger partial charge in [0.1, 0.15) is 12.4 Å². The van der Waals surface area contributed by atoms with Crippen LogP contribution in [0.15, 0.2) is 24.3 Å². The van der Waals surface area contributed by atoms with Gasteiger partial charge in [-0.1, -0.05) is 46.8 Å². The SMILES string of the molecule is CNC(C)COc1ccc(C(C)(C)CC(C)(C)C)cc1. The molecule has 0 heterocycles. The van der Waals surface area contributed by atoms with Gasteiger partial charge in [0.25, 0.3) is 0 Å². The molecule has 20 heavy (non-hydrogen) atoms. The van der Waals surface area contributed by atoms with Crippen LogP contribution < -0.4 is 10.1 Å². The molecule has 1 N–H and O–H groups in total. The van der Waals surface area contributed by atoms with Crippen molar-refractivity contribution < 1.29 is 4.74 Å². The zero-order chi connectivity index (χ0) is 15.4. The van der Waals surface area contributed by atoms with Crippen molar-refractivity contribution in [3.63, 3.8) is 0 Å². The Hall–Kier alpha value is -1.02. The summed E-state index contributed by atoms with van der Waals surface area (Å²) in [7, 11) is 1.95. The van der Waals surface area contributed by atoms with Gasteiger partial charge in [-0.25, -0.2) is 0 Å². The quantitative estimate of drug-likeness (QED) is 0.833. The van der Waals surface area contributed by atoms with Crippen LogP contribution in [0.4, 0.5) is 0 Å². The number of benzene rings is 1. The molecule has 0 aliphatic carbocycles. The highest BCUT2D eigenvalue weighted by atomic mass is 16.5. The van der Waals surface area contributed by atoms with Gasteiger partial charge in [-0.3, -0.25) is 0 Å². The molecular weight excluding hydrogens is 246 g/mol. The molecule has 0 amide bonds. The van der Waals surface area contributed by atoms with Gasteiger partial charge in [0, 0.05) is 6.04 Å². The van der Waals surface area contributed by atoms with Crippen molar-refractivity contribution in [3.05, 3.63) is 29.8 Å². The van der Waals surface area contributed by atoms with E-state index in [2.05, 4.69) is 71.1 Å². The lowest BCUT2D eigenvalue weighted by Crippen LogP contribution is -2.28. The van der Waals surface area contributed by atoms with E-state index in [0.29, 0.717) is 18.1 Å². The van der Waals surface area contributed by atoms with Crippen molar-refractivity contribution in [1.82, 2.24) is 5.32 Å². The van der Waals surface area contributed by atoms with E-state index in [4.69, 9.17) is 4.74 Å². The van der Waals surface area contributed by atoms with Crippen molar-refractivity contribution in [2.24, 2.45) is 5.41 Å². The maximum absolute atomic E-state index is 5.76.